The van der Waals surface area contributed by atoms with Crippen molar-refractivity contribution in [2.75, 3.05) is 7.05 Å². The minimum atomic E-state index is -0.728. The van der Waals surface area contributed by atoms with Crippen LogP contribution in [0.3, 0.4) is 0 Å². The van der Waals surface area contributed by atoms with E-state index in [2.05, 4.69) is 10.3 Å². The van der Waals surface area contributed by atoms with E-state index < -0.39 is 5.97 Å². The molecule has 33 heavy (non-hydrogen) atoms. The summed E-state index contributed by atoms with van der Waals surface area (Å²) in [4.78, 5) is 31.4. The smallest absolute Gasteiger partial charge is 0.317 e. The summed E-state index contributed by atoms with van der Waals surface area (Å²) in [5, 5.41) is 13.3. The van der Waals surface area contributed by atoms with Crippen molar-refractivity contribution in [2.45, 2.75) is 77.0 Å². The van der Waals surface area contributed by atoms with E-state index in [9.17, 15) is 14.7 Å². The molecule has 2 atom stereocenters. The van der Waals surface area contributed by atoms with Crippen LogP contribution in [-0.4, -0.2) is 46.2 Å². The van der Waals surface area contributed by atoms with Crippen LogP contribution in [0.25, 0.3) is 10.4 Å². The van der Waals surface area contributed by atoms with Crippen molar-refractivity contribution in [2.24, 2.45) is 5.92 Å². The highest BCUT2D eigenvalue weighted by Crippen LogP contribution is 2.33. The second-order valence-corrected chi connectivity index (χ2v) is 10.4. The third-order valence-corrected chi connectivity index (χ3v) is 7.86. The van der Waals surface area contributed by atoms with Crippen molar-refractivity contribution >= 4 is 23.3 Å². The van der Waals surface area contributed by atoms with Crippen LogP contribution >= 0.6 is 11.3 Å². The molecule has 2 N–H and O–H groups in total. The fourth-order valence-electron chi connectivity index (χ4n) is 4.91. The predicted octanol–water partition coefficient (Wildman–Crippen LogP) is 5.22. The second kappa shape index (κ2) is 10.5. The number of thiazole rings is 1. The highest BCUT2D eigenvalue weighted by molar-refractivity contribution is 7.15. The Morgan fingerprint density at radius 1 is 1.15 bits per heavy atom. The standard InChI is InChI=1S/C25H33N3O4S/c1-16-27-22(15-26-25(31)28(2)19-7-3-4-8-19)23(33-16)17-10-12-20(13-11-17)32-21-9-5-6-18(14-21)24(29)30/h10-13,18-19,21H,3-9,14-15H2,1-2H3,(H,26,31)(H,29,30)/t18-,21-/m0/s1. The Balaban J connectivity index is 1.38. The lowest BCUT2D eigenvalue weighted by Gasteiger charge is -2.27. The van der Waals surface area contributed by atoms with Gasteiger partial charge in [-0.15, -0.1) is 11.3 Å². The van der Waals surface area contributed by atoms with Gasteiger partial charge in [-0.25, -0.2) is 9.78 Å². The first kappa shape index (κ1) is 23.5. The number of carbonyl (C=O) groups excluding carboxylic acids is 1. The number of urea groups is 1. The summed E-state index contributed by atoms with van der Waals surface area (Å²) in [5.74, 6) is -0.286. The molecule has 2 fully saturated rings. The van der Waals surface area contributed by atoms with Crippen LogP contribution in [0.2, 0.25) is 0 Å². The minimum Gasteiger partial charge on any atom is -0.490 e. The molecular formula is C25H33N3O4S. The molecule has 1 aromatic carbocycles. The fraction of sp³-hybridized carbons (Fsp3) is 0.560. The lowest BCUT2D eigenvalue weighted by molar-refractivity contribution is -0.143. The van der Waals surface area contributed by atoms with Gasteiger partial charge in [0.15, 0.2) is 0 Å². The first-order valence-electron chi connectivity index (χ1n) is 11.9. The zero-order valence-corrected chi connectivity index (χ0v) is 20.2. The van der Waals surface area contributed by atoms with E-state index >= 15 is 0 Å². The van der Waals surface area contributed by atoms with E-state index in [0.29, 0.717) is 19.0 Å². The lowest BCUT2D eigenvalue weighted by Crippen LogP contribution is -2.42. The Kier molecular flexibility index (Phi) is 7.53. The normalized spacial score (nSPS) is 21.0. The van der Waals surface area contributed by atoms with E-state index in [0.717, 1.165) is 59.0 Å². The van der Waals surface area contributed by atoms with Gasteiger partial charge < -0.3 is 20.1 Å². The van der Waals surface area contributed by atoms with Crippen LogP contribution in [-0.2, 0) is 11.3 Å². The summed E-state index contributed by atoms with van der Waals surface area (Å²) >= 11 is 1.62. The maximum absolute atomic E-state index is 12.6. The Hall–Kier alpha value is -2.61. The SMILES string of the molecule is Cc1nc(CNC(=O)N(C)C2CCCC2)c(-c2ccc(O[C@H]3CCC[C@H](C(=O)O)C3)cc2)s1. The van der Waals surface area contributed by atoms with E-state index in [1.807, 2.05) is 43.1 Å². The van der Waals surface area contributed by atoms with Crippen LogP contribution in [0.4, 0.5) is 4.79 Å². The first-order valence-corrected chi connectivity index (χ1v) is 12.7. The molecule has 0 bridgehead atoms. The zero-order chi connectivity index (χ0) is 23.4. The number of ether oxygens (including phenoxy) is 1. The number of carboxylic acids is 1. The molecule has 2 aliphatic rings. The molecule has 4 rings (SSSR count). The number of hydrogen-bond donors (Lipinski definition) is 2. The van der Waals surface area contributed by atoms with Crippen molar-refractivity contribution < 1.29 is 19.4 Å². The van der Waals surface area contributed by atoms with Crippen LogP contribution in [0, 0.1) is 12.8 Å². The van der Waals surface area contributed by atoms with Gasteiger partial charge in [0.1, 0.15) is 5.75 Å². The number of carboxylic acid groups (broad SMARTS) is 1. The number of nitrogens with one attached hydrogen (secondary N) is 1. The van der Waals surface area contributed by atoms with Crippen molar-refractivity contribution in [3.05, 3.63) is 35.0 Å². The van der Waals surface area contributed by atoms with Crippen LogP contribution in [0.1, 0.15) is 62.1 Å². The van der Waals surface area contributed by atoms with Gasteiger partial charge in [0.2, 0.25) is 0 Å². The summed E-state index contributed by atoms with van der Waals surface area (Å²) in [7, 11) is 1.88. The lowest BCUT2D eigenvalue weighted by atomic mass is 9.87. The fourth-order valence-corrected chi connectivity index (χ4v) is 5.85. The number of aryl methyl sites for hydroxylation is 1. The Bertz CT molecular complexity index is 969. The number of amides is 2. The maximum atomic E-state index is 12.6. The average Bonchev–Trinajstić information content (AvgIpc) is 3.47. The number of benzene rings is 1. The molecule has 7 nitrogen and oxygen atoms in total. The molecule has 1 aromatic heterocycles. The molecule has 178 valence electrons. The maximum Gasteiger partial charge on any atom is 0.317 e. The van der Waals surface area contributed by atoms with Gasteiger partial charge in [-0.2, -0.15) is 0 Å². The monoisotopic (exact) mass is 471 g/mol. The molecule has 0 unspecified atom stereocenters. The number of rotatable bonds is 7. The highest BCUT2D eigenvalue weighted by Gasteiger charge is 2.28. The van der Waals surface area contributed by atoms with Gasteiger partial charge >= 0.3 is 12.0 Å². The number of nitrogens with zero attached hydrogens (tertiary/aromatic N) is 2. The van der Waals surface area contributed by atoms with E-state index in [-0.39, 0.29) is 18.1 Å². The molecule has 0 aliphatic heterocycles. The Morgan fingerprint density at radius 2 is 1.88 bits per heavy atom. The molecule has 2 amide bonds. The Labute approximate surface area is 199 Å². The molecular weight excluding hydrogens is 438 g/mol. The summed E-state index contributed by atoms with van der Waals surface area (Å²) in [6, 6.07) is 8.18. The molecule has 2 aliphatic carbocycles. The van der Waals surface area contributed by atoms with Gasteiger partial charge in [-0.05, 0) is 75.3 Å². The number of aromatic nitrogens is 1. The van der Waals surface area contributed by atoms with E-state index in [1.54, 1.807) is 11.3 Å². The van der Waals surface area contributed by atoms with Gasteiger partial charge in [0, 0.05) is 13.1 Å². The quantitative estimate of drug-likeness (QED) is 0.577. The minimum absolute atomic E-state index is 0.0469. The van der Waals surface area contributed by atoms with Gasteiger partial charge in [-0.1, -0.05) is 12.8 Å². The van der Waals surface area contributed by atoms with Crippen molar-refractivity contribution in [3.63, 3.8) is 0 Å². The predicted molar refractivity (Wildman–Crippen MR) is 129 cm³/mol. The van der Waals surface area contributed by atoms with Crippen molar-refractivity contribution in [1.82, 2.24) is 15.2 Å². The largest absolute Gasteiger partial charge is 0.490 e. The summed E-state index contributed by atoms with van der Waals surface area (Å²) in [5.41, 5.74) is 1.91. The number of carbonyl (C=O) groups is 2. The molecule has 0 saturated heterocycles. The molecule has 0 spiro atoms. The van der Waals surface area contributed by atoms with Crippen LogP contribution in [0.5, 0.6) is 5.75 Å². The van der Waals surface area contributed by atoms with E-state index in [1.165, 1.54) is 12.8 Å². The summed E-state index contributed by atoms with van der Waals surface area (Å²) in [6.07, 6.45) is 7.55. The molecule has 2 aromatic rings. The summed E-state index contributed by atoms with van der Waals surface area (Å²) < 4.78 is 6.08. The third kappa shape index (κ3) is 5.85. The average molecular weight is 472 g/mol. The number of hydrogen-bond acceptors (Lipinski definition) is 5. The first-order chi connectivity index (χ1) is 15.9. The number of aliphatic carboxylic acids is 1. The zero-order valence-electron chi connectivity index (χ0n) is 19.4. The molecule has 0 radical (unpaired) electrons. The van der Waals surface area contributed by atoms with Crippen molar-refractivity contribution in [3.8, 4) is 16.2 Å². The molecule has 2 saturated carbocycles. The van der Waals surface area contributed by atoms with Crippen LogP contribution in [0.15, 0.2) is 24.3 Å². The topological polar surface area (TPSA) is 91.8 Å². The highest BCUT2D eigenvalue weighted by atomic mass is 32.1. The third-order valence-electron chi connectivity index (χ3n) is 6.80. The molecule has 8 heteroatoms. The van der Waals surface area contributed by atoms with Crippen LogP contribution < -0.4 is 10.1 Å². The second-order valence-electron chi connectivity index (χ2n) is 9.18. The van der Waals surface area contributed by atoms with Crippen molar-refractivity contribution in [1.29, 1.82) is 0 Å². The van der Waals surface area contributed by atoms with E-state index in [4.69, 9.17) is 4.74 Å². The Morgan fingerprint density at radius 3 is 2.58 bits per heavy atom. The van der Waals surface area contributed by atoms with Gasteiger partial charge in [0.25, 0.3) is 0 Å². The van der Waals surface area contributed by atoms with Gasteiger partial charge in [-0.3, -0.25) is 4.79 Å². The van der Waals surface area contributed by atoms with Gasteiger partial charge in [0.05, 0.1) is 34.1 Å². The summed E-state index contributed by atoms with van der Waals surface area (Å²) in [6.45, 7) is 2.37. The molecule has 1 heterocycles.